The Morgan fingerprint density at radius 2 is 1.64 bits per heavy atom. The summed E-state index contributed by atoms with van der Waals surface area (Å²) in [4.78, 5) is 11.9. The molecule has 0 aliphatic heterocycles. The van der Waals surface area contributed by atoms with Crippen molar-refractivity contribution in [1.82, 2.24) is 28.7 Å². The molecular formula is C29H23N7. The van der Waals surface area contributed by atoms with Crippen molar-refractivity contribution in [3.05, 3.63) is 109 Å². The number of hydrogen-bond acceptors (Lipinski definition) is 4. The highest BCUT2D eigenvalue weighted by Gasteiger charge is 2.19. The number of benzene rings is 3. The van der Waals surface area contributed by atoms with Crippen LogP contribution in [0.3, 0.4) is 0 Å². The third-order valence-electron chi connectivity index (χ3n) is 6.76. The topological polar surface area (TPSA) is 56.2 Å². The fourth-order valence-electron chi connectivity index (χ4n) is 4.94. The number of nitrogens with zero attached hydrogens (tertiary/aromatic N) is 7. The van der Waals surface area contributed by atoms with E-state index in [1.54, 1.807) is 6.20 Å². The summed E-state index contributed by atoms with van der Waals surface area (Å²) in [6.07, 6.45) is 5.56. The van der Waals surface area contributed by atoms with E-state index in [2.05, 4.69) is 98.6 Å². The molecule has 0 aliphatic carbocycles. The van der Waals surface area contributed by atoms with Gasteiger partial charge in [0.2, 0.25) is 5.78 Å². The van der Waals surface area contributed by atoms with Crippen molar-refractivity contribution < 1.29 is 0 Å². The fourth-order valence-corrected chi connectivity index (χ4v) is 4.94. The molecule has 7 heteroatoms. The van der Waals surface area contributed by atoms with E-state index in [4.69, 9.17) is 4.98 Å². The summed E-state index contributed by atoms with van der Waals surface area (Å²) in [7, 11) is 2.08. The number of aryl methyl sites for hydroxylation is 1. The normalized spacial score (nSPS) is 11.6. The number of aromatic nitrogens is 6. The van der Waals surface area contributed by atoms with E-state index in [0.717, 1.165) is 56.3 Å². The summed E-state index contributed by atoms with van der Waals surface area (Å²) in [5, 5.41) is 4.37. The van der Waals surface area contributed by atoms with Crippen LogP contribution in [-0.2, 0) is 0 Å². The SMILES string of the molecule is Cc1cccc2c1nc1n(-c3ccccn3)c3cc(N(C)c4cccc(-n5cccn5)c4)ccc3n21. The molecule has 0 atom stereocenters. The zero-order valence-corrected chi connectivity index (χ0v) is 19.9. The van der Waals surface area contributed by atoms with Crippen molar-refractivity contribution in [2.24, 2.45) is 0 Å². The van der Waals surface area contributed by atoms with E-state index in [-0.39, 0.29) is 0 Å². The second kappa shape index (κ2) is 7.81. The van der Waals surface area contributed by atoms with E-state index in [0.29, 0.717) is 0 Å². The molecule has 3 aromatic carbocycles. The first kappa shape index (κ1) is 20.5. The third-order valence-corrected chi connectivity index (χ3v) is 6.76. The Balaban J connectivity index is 1.45. The molecule has 0 aliphatic rings. The zero-order chi connectivity index (χ0) is 24.2. The minimum Gasteiger partial charge on any atom is -0.344 e. The highest BCUT2D eigenvalue weighted by Crippen LogP contribution is 2.33. The first-order valence-corrected chi connectivity index (χ1v) is 11.9. The maximum Gasteiger partial charge on any atom is 0.221 e. The predicted molar refractivity (Wildman–Crippen MR) is 144 cm³/mol. The van der Waals surface area contributed by atoms with Gasteiger partial charge in [0.05, 0.1) is 27.8 Å². The van der Waals surface area contributed by atoms with Crippen molar-refractivity contribution in [3.8, 4) is 11.5 Å². The van der Waals surface area contributed by atoms with Gasteiger partial charge in [0.15, 0.2) is 0 Å². The van der Waals surface area contributed by atoms with Gasteiger partial charge in [-0.3, -0.25) is 8.97 Å². The van der Waals surface area contributed by atoms with Crippen LogP contribution in [0, 0.1) is 6.92 Å². The van der Waals surface area contributed by atoms with Gasteiger partial charge in [-0.05, 0) is 73.2 Å². The summed E-state index contributed by atoms with van der Waals surface area (Å²) < 4.78 is 6.25. The number of para-hydroxylation sites is 1. The van der Waals surface area contributed by atoms with Crippen molar-refractivity contribution in [3.63, 3.8) is 0 Å². The highest BCUT2D eigenvalue weighted by atomic mass is 15.3. The number of hydrogen-bond donors (Lipinski definition) is 0. The van der Waals surface area contributed by atoms with Crippen LogP contribution in [0.15, 0.2) is 104 Å². The van der Waals surface area contributed by atoms with Gasteiger partial charge >= 0.3 is 0 Å². The molecule has 0 N–H and O–H groups in total. The largest absolute Gasteiger partial charge is 0.344 e. The van der Waals surface area contributed by atoms with Gasteiger partial charge in [-0.2, -0.15) is 5.10 Å². The average Bonchev–Trinajstić information content (AvgIpc) is 3.65. The molecule has 0 saturated carbocycles. The standard InChI is InChI=1S/C29H23N7/c1-20-8-5-11-25-28(20)32-29-35(25)24-14-13-22(19-26(24)36(29)27-12-3-4-15-30-27)33(2)21-9-6-10-23(18-21)34-17-7-16-31-34/h3-19H,1-2H3. The highest BCUT2D eigenvalue weighted by molar-refractivity contribution is 5.94. The Morgan fingerprint density at radius 1 is 0.750 bits per heavy atom. The predicted octanol–water partition coefficient (Wildman–Crippen LogP) is 6.09. The first-order valence-electron chi connectivity index (χ1n) is 11.9. The van der Waals surface area contributed by atoms with Gasteiger partial charge in [0.25, 0.3) is 0 Å². The zero-order valence-electron chi connectivity index (χ0n) is 19.9. The van der Waals surface area contributed by atoms with Crippen molar-refractivity contribution >= 4 is 39.2 Å². The first-order chi connectivity index (χ1) is 17.7. The smallest absolute Gasteiger partial charge is 0.221 e. The number of imidazole rings is 2. The molecule has 0 saturated heterocycles. The summed E-state index contributed by atoms with van der Waals surface area (Å²) >= 11 is 0. The van der Waals surface area contributed by atoms with Gasteiger partial charge in [0.1, 0.15) is 5.82 Å². The lowest BCUT2D eigenvalue weighted by Gasteiger charge is -2.20. The Labute approximate surface area is 207 Å². The lowest BCUT2D eigenvalue weighted by Crippen LogP contribution is -2.10. The molecule has 7 rings (SSSR count). The van der Waals surface area contributed by atoms with Crippen molar-refractivity contribution in [2.45, 2.75) is 6.92 Å². The van der Waals surface area contributed by atoms with Crippen LogP contribution in [0.25, 0.3) is 39.3 Å². The summed E-state index contributed by atoms with van der Waals surface area (Å²) in [6, 6.07) is 29.1. The van der Waals surface area contributed by atoms with Crippen LogP contribution in [0.4, 0.5) is 11.4 Å². The van der Waals surface area contributed by atoms with Crippen LogP contribution in [-0.4, -0.2) is 35.8 Å². The lowest BCUT2D eigenvalue weighted by atomic mass is 10.2. The Morgan fingerprint density at radius 3 is 2.47 bits per heavy atom. The third kappa shape index (κ3) is 3.03. The van der Waals surface area contributed by atoms with Crippen LogP contribution in [0.2, 0.25) is 0 Å². The number of fused-ring (bicyclic) bond motifs is 5. The van der Waals surface area contributed by atoms with E-state index >= 15 is 0 Å². The van der Waals surface area contributed by atoms with Gasteiger partial charge in [0, 0.05) is 37.0 Å². The monoisotopic (exact) mass is 469 g/mol. The summed E-state index contributed by atoms with van der Waals surface area (Å²) in [5.74, 6) is 1.69. The van der Waals surface area contributed by atoms with E-state index in [1.165, 1.54) is 0 Å². The number of anilines is 2. The summed E-state index contributed by atoms with van der Waals surface area (Å²) in [6.45, 7) is 2.10. The second-order valence-corrected chi connectivity index (χ2v) is 8.92. The van der Waals surface area contributed by atoms with E-state index in [1.807, 2.05) is 41.3 Å². The van der Waals surface area contributed by atoms with E-state index < -0.39 is 0 Å². The van der Waals surface area contributed by atoms with Gasteiger partial charge in [-0.1, -0.05) is 24.3 Å². The van der Waals surface area contributed by atoms with Crippen LogP contribution >= 0.6 is 0 Å². The maximum atomic E-state index is 5.06. The van der Waals surface area contributed by atoms with Crippen molar-refractivity contribution in [2.75, 3.05) is 11.9 Å². The number of rotatable bonds is 4. The quantitative estimate of drug-likeness (QED) is 0.313. The molecule has 0 fully saturated rings. The molecule has 0 spiro atoms. The molecule has 7 aromatic rings. The maximum absolute atomic E-state index is 5.06. The molecule has 0 bridgehead atoms. The van der Waals surface area contributed by atoms with Gasteiger partial charge < -0.3 is 4.90 Å². The fraction of sp³-hybridized carbons (Fsp3) is 0.0690. The van der Waals surface area contributed by atoms with Crippen molar-refractivity contribution in [1.29, 1.82) is 0 Å². The average molecular weight is 470 g/mol. The Bertz CT molecular complexity index is 1860. The molecule has 174 valence electrons. The molecule has 0 unspecified atom stereocenters. The summed E-state index contributed by atoms with van der Waals surface area (Å²) in [5.41, 5.74) is 8.56. The molecule has 0 amide bonds. The minimum absolute atomic E-state index is 0.839. The van der Waals surface area contributed by atoms with Crippen LogP contribution < -0.4 is 4.90 Å². The van der Waals surface area contributed by atoms with Crippen LogP contribution in [0.1, 0.15) is 5.56 Å². The molecule has 7 nitrogen and oxygen atoms in total. The second-order valence-electron chi connectivity index (χ2n) is 8.92. The molecule has 0 radical (unpaired) electrons. The Hall–Kier alpha value is -4.91. The molecule has 36 heavy (non-hydrogen) atoms. The van der Waals surface area contributed by atoms with Gasteiger partial charge in [-0.15, -0.1) is 0 Å². The Kier molecular flexibility index (Phi) is 4.44. The van der Waals surface area contributed by atoms with Gasteiger partial charge in [-0.25, -0.2) is 14.6 Å². The molecule has 4 heterocycles. The minimum atomic E-state index is 0.839. The molecular weight excluding hydrogens is 446 g/mol. The lowest BCUT2D eigenvalue weighted by molar-refractivity contribution is 0.880. The number of pyridine rings is 1. The van der Waals surface area contributed by atoms with E-state index in [9.17, 15) is 0 Å². The molecule has 4 aromatic heterocycles. The van der Waals surface area contributed by atoms with Crippen LogP contribution in [0.5, 0.6) is 0 Å².